The van der Waals surface area contributed by atoms with Gasteiger partial charge in [-0.25, -0.2) is 4.39 Å². The van der Waals surface area contributed by atoms with E-state index in [1.54, 1.807) is 12.1 Å². The molecule has 1 aromatic rings. The Morgan fingerprint density at radius 3 is 2.74 bits per heavy atom. The summed E-state index contributed by atoms with van der Waals surface area (Å²) in [5, 5.41) is 12.9. The number of benzene rings is 1. The monoisotopic (exact) mass is 287 g/mol. The van der Waals surface area contributed by atoms with Crippen LogP contribution in [0.15, 0.2) is 24.3 Å². The molecule has 108 valence electrons. The summed E-state index contributed by atoms with van der Waals surface area (Å²) in [7, 11) is 0. The van der Waals surface area contributed by atoms with Gasteiger partial charge in [0.25, 0.3) is 0 Å². The van der Waals surface area contributed by atoms with Crippen molar-refractivity contribution in [2.75, 3.05) is 31.7 Å². The summed E-state index contributed by atoms with van der Waals surface area (Å²) in [4.78, 5) is 0. The van der Waals surface area contributed by atoms with Crippen LogP contribution in [-0.4, -0.2) is 42.9 Å². The summed E-state index contributed by atoms with van der Waals surface area (Å²) in [5.74, 6) is 1.46. The van der Waals surface area contributed by atoms with Crippen LogP contribution in [0, 0.1) is 5.82 Å². The normalized spacial score (nSPS) is 12.4. The van der Waals surface area contributed by atoms with Crippen molar-refractivity contribution < 1.29 is 14.2 Å². The van der Waals surface area contributed by atoms with Gasteiger partial charge in [0.15, 0.2) is 0 Å². The number of rotatable bonds is 10. The van der Waals surface area contributed by atoms with E-state index < -0.39 is 6.10 Å². The van der Waals surface area contributed by atoms with E-state index in [9.17, 15) is 9.50 Å². The Morgan fingerprint density at radius 1 is 1.32 bits per heavy atom. The maximum absolute atomic E-state index is 12.7. The molecule has 0 fully saturated rings. The molecular weight excluding hydrogens is 265 g/mol. The molecule has 0 bridgehead atoms. The first-order chi connectivity index (χ1) is 9.22. The molecule has 19 heavy (non-hydrogen) atoms. The van der Waals surface area contributed by atoms with E-state index in [2.05, 4.69) is 11.6 Å². The van der Waals surface area contributed by atoms with E-state index in [0.717, 1.165) is 13.0 Å². The molecule has 0 spiro atoms. The Kier molecular flexibility index (Phi) is 8.62. The number of unbranched alkanes of at least 4 members (excludes halogenated alkanes) is 1. The number of nitrogens with one attached hydrogen (secondary N) is 1. The van der Waals surface area contributed by atoms with Crippen molar-refractivity contribution in [1.29, 1.82) is 0 Å². The lowest BCUT2D eigenvalue weighted by molar-refractivity contribution is 0.106. The molecule has 1 rings (SSSR count). The van der Waals surface area contributed by atoms with Crippen molar-refractivity contribution in [1.82, 2.24) is 5.32 Å². The van der Waals surface area contributed by atoms with Crippen LogP contribution in [0.2, 0.25) is 0 Å². The highest BCUT2D eigenvalue weighted by molar-refractivity contribution is 7.98. The molecule has 1 atom stereocenters. The minimum absolute atomic E-state index is 0.212. The highest BCUT2D eigenvalue weighted by Gasteiger charge is 2.04. The zero-order chi connectivity index (χ0) is 13.9. The van der Waals surface area contributed by atoms with Crippen molar-refractivity contribution in [3.05, 3.63) is 30.1 Å². The Morgan fingerprint density at radius 2 is 2.05 bits per heavy atom. The van der Waals surface area contributed by atoms with Crippen molar-refractivity contribution in [2.24, 2.45) is 0 Å². The molecule has 1 unspecified atom stereocenters. The summed E-state index contributed by atoms with van der Waals surface area (Å²) in [5.41, 5.74) is 0. The third-order valence-corrected chi connectivity index (χ3v) is 3.28. The summed E-state index contributed by atoms with van der Waals surface area (Å²) in [6.45, 7) is 1.64. The van der Waals surface area contributed by atoms with Gasteiger partial charge in [-0.15, -0.1) is 0 Å². The standard InChI is InChI=1S/C14H22FNO2S/c1-19-9-3-2-8-16-10-13(17)11-18-14-6-4-12(15)5-7-14/h4-7,13,16-17H,2-3,8-11H2,1H3. The largest absolute Gasteiger partial charge is 0.491 e. The highest BCUT2D eigenvalue weighted by atomic mass is 32.2. The van der Waals surface area contributed by atoms with Gasteiger partial charge in [0.05, 0.1) is 0 Å². The van der Waals surface area contributed by atoms with E-state index in [-0.39, 0.29) is 12.4 Å². The molecule has 0 aliphatic heterocycles. The van der Waals surface area contributed by atoms with Gasteiger partial charge in [0, 0.05) is 6.54 Å². The van der Waals surface area contributed by atoms with E-state index in [1.807, 2.05) is 11.8 Å². The lowest BCUT2D eigenvalue weighted by atomic mass is 10.3. The fourth-order valence-corrected chi connectivity index (χ4v) is 2.04. The van der Waals surface area contributed by atoms with Crippen molar-refractivity contribution in [2.45, 2.75) is 18.9 Å². The molecule has 0 heterocycles. The molecule has 3 nitrogen and oxygen atoms in total. The maximum Gasteiger partial charge on any atom is 0.123 e. The first-order valence-electron chi connectivity index (χ1n) is 6.48. The van der Waals surface area contributed by atoms with Crippen LogP contribution in [-0.2, 0) is 0 Å². The van der Waals surface area contributed by atoms with Gasteiger partial charge in [-0.05, 0) is 55.7 Å². The van der Waals surface area contributed by atoms with Crippen molar-refractivity contribution in [3.63, 3.8) is 0 Å². The highest BCUT2D eigenvalue weighted by Crippen LogP contribution is 2.11. The van der Waals surface area contributed by atoms with Gasteiger partial charge in [0.1, 0.15) is 24.3 Å². The van der Waals surface area contributed by atoms with Gasteiger partial charge in [0.2, 0.25) is 0 Å². The van der Waals surface area contributed by atoms with Crippen LogP contribution in [0.4, 0.5) is 4.39 Å². The molecule has 2 N–H and O–H groups in total. The zero-order valence-electron chi connectivity index (χ0n) is 11.3. The van der Waals surface area contributed by atoms with Gasteiger partial charge in [-0.1, -0.05) is 0 Å². The quantitative estimate of drug-likeness (QED) is 0.648. The van der Waals surface area contributed by atoms with Gasteiger partial charge in [-0.3, -0.25) is 0 Å². The van der Waals surface area contributed by atoms with E-state index >= 15 is 0 Å². The number of hydrogen-bond donors (Lipinski definition) is 2. The summed E-state index contributed by atoms with van der Waals surface area (Å²) < 4.78 is 18.0. The van der Waals surface area contributed by atoms with Gasteiger partial charge < -0.3 is 15.2 Å². The Balaban J connectivity index is 2.04. The third kappa shape index (κ3) is 8.08. The van der Waals surface area contributed by atoms with Gasteiger partial charge >= 0.3 is 0 Å². The fourth-order valence-electron chi connectivity index (χ4n) is 1.55. The minimum Gasteiger partial charge on any atom is -0.491 e. The van der Waals surface area contributed by atoms with Crippen LogP contribution in [0.1, 0.15) is 12.8 Å². The molecule has 0 aromatic heterocycles. The summed E-state index contributed by atoms with van der Waals surface area (Å²) in [6, 6.07) is 5.78. The number of thioether (sulfide) groups is 1. The second kappa shape index (κ2) is 10.1. The molecule has 0 aliphatic rings. The molecule has 0 amide bonds. The number of hydrogen-bond acceptors (Lipinski definition) is 4. The Labute approximate surface area is 118 Å². The maximum atomic E-state index is 12.7. The topological polar surface area (TPSA) is 41.5 Å². The third-order valence-electron chi connectivity index (χ3n) is 2.59. The van der Waals surface area contributed by atoms with E-state index in [0.29, 0.717) is 12.3 Å². The zero-order valence-corrected chi connectivity index (χ0v) is 12.1. The van der Waals surface area contributed by atoms with Gasteiger partial charge in [-0.2, -0.15) is 11.8 Å². The Hall–Kier alpha value is -0.780. The van der Waals surface area contributed by atoms with Crippen LogP contribution in [0.25, 0.3) is 0 Å². The van der Waals surface area contributed by atoms with Crippen molar-refractivity contribution >= 4 is 11.8 Å². The minimum atomic E-state index is -0.550. The lowest BCUT2D eigenvalue weighted by Gasteiger charge is -2.13. The van der Waals surface area contributed by atoms with Crippen molar-refractivity contribution in [3.8, 4) is 5.75 Å². The van der Waals surface area contributed by atoms with Crippen LogP contribution < -0.4 is 10.1 Å². The SMILES string of the molecule is CSCCCCNCC(O)COc1ccc(F)cc1. The second-order valence-corrected chi connectivity index (χ2v) is 5.31. The average molecular weight is 287 g/mol. The van der Waals surface area contributed by atoms with Crippen LogP contribution >= 0.6 is 11.8 Å². The molecule has 0 aliphatic carbocycles. The molecule has 1 aromatic carbocycles. The molecular formula is C14H22FNO2S. The molecule has 0 saturated carbocycles. The summed E-state index contributed by atoms with van der Waals surface area (Å²) >= 11 is 1.85. The number of ether oxygens (including phenoxy) is 1. The second-order valence-electron chi connectivity index (χ2n) is 4.32. The number of aliphatic hydroxyl groups is 1. The Bertz CT molecular complexity index is 335. The molecule has 0 radical (unpaired) electrons. The van der Waals surface area contributed by atoms with Crippen LogP contribution in [0.3, 0.4) is 0 Å². The van der Waals surface area contributed by atoms with E-state index in [1.165, 1.54) is 24.3 Å². The van der Waals surface area contributed by atoms with E-state index in [4.69, 9.17) is 4.74 Å². The predicted molar refractivity (Wildman–Crippen MR) is 78.4 cm³/mol. The smallest absolute Gasteiger partial charge is 0.123 e. The summed E-state index contributed by atoms with van der Waals surface area (Å²) in [6.07, 6.45) is 3.86. The first kappa shape index (κ1) is 16.3. The molecule has 0 saturated heterocycles. The first-order valence-corrected chi connectivity index (χ1v) is 7.88. The van der Waals surface area contributed by atoms with Crippen LogP contribution in [0.5, 0.6) is 5.75 Å². The average Bonchev–Trinajstić information content (AvgIpc) is 2.42. The number of aliphatic hydroxyl groups excluding tert-OH is 1. The predicted octanol–water partition coefficient (Wildman–Crippen LogP) is 2.30. The molecule has 5 heteroatoms. The number of halogens is 1. The fraction of sp³-hybridized carbons (Fsp3) is 0.571. The lowest BCUT2D eigenvalue weighted by Crippen LogP contribution is -2.32.